The van der Waals surface area contributed by atoms with Crippen molar-refractivity contribution >= 4 is 22.6 Å². The highest BCUT2D eigenvalue weighted by Gasteiger charge is 2.18. The molecule has 9 nitrogen and oxygen atoms in total. The second-order valence-corrected chi connectivity index (χ2v) is 7.50. The average Bonchev–Trinajstić information content (AvgIpc) is 2.87. The number of rotatable bonds is 10. The Bertz CT molecular complexity index is 1250. The van der Waals surface area contributed by atoms with Gasteiger partial charge in [-0.05, 0) is 30.7 Å². The van der Waals surface area contributed by atoms with E-state index in [4.69, 9.17) is 9.47 Å². The number of benzene rings is 2. The Kier molecular flexibility index (Phi) is 8.39. The zero-order chi connectivity index (χ0) is 24.5. The third-order valence-electron chi connectivity index (χ3n) is 5.13. The molecule has 1 aromatic heterocycles. The van der Waals surface area contributed by atoms with Gasteiger partial charge in [-0.3, -0.25) is 25.2 Å². The molecule has 2 N–H and O–H groups in total. The number of hydrogen-bond donors (Lipinski definition) is 2. The predicted molar refractivity (Wildman–Crippen MR) is 129 cm³/mol. The first kappa shape index (κ1) is 24.5. The molecule has 2 amide bonds. The van der Waals surface area contributed by atoms with Gasteiger partial charge in [0.05, 0.1) is 12.5 Å². The van der Waals surface area contributed by atoms with Crippen molar-refractivity contribution in [3.05, 3.63) is 76.7 Å². The molecule has 0 saturated carbocycles. The zero-order valence-corrected chi connectivity index (χ0v) is 19.3. The number of aryl methyl sites for hydroxylation is 1. The smallest absolute Gasteiger partial charge is 0.290 e. The van der Waals surface area contributed by atoms with Crippen molar-refractivity contribution in [2.24, 2.45) is 0 Å². The van der Waals surface area contributed by atoms with Crippen molar-refractivity contribution < 1.29 is 19.1 Å². The number of carbonyl (C=O) groups is 2. The molecule has 0 atom stereocenters. The molecule has 0 aliphatic carbocycles. The lowest BCUT2D eigenvalue weighted by atomic mass is 10.1. The summed E-state index contributed by atoms with van der Waals surface area (Å²) in [6.45, 7) is 6.36. The van der Waals surface area contributed by atoms with Crippen molar-refractivity contribution in [2.45, 2.75) is 32.7 Å². The van der Waals surface area contributed by atoms with Gasteiger partial charge in [0, 0.05) is 17.5 Å². The van der Waals surface area contributed by atoms with Crippen LogP contribution in [0.15, 0.2) is 59.9 Å². The molecule has 0 unspecified atom stereocenters. The Balaban J connectivity index is 1.79. The summed E-state index contributed by atoms with van der Waals surface area (Å²) in [4.78, 5) is 38.3. The number of nitrogens with one attached hydrogen (secondary N) is 2. The van der Waals surface area contributed by atoms with Crippen molar-refractivity contribution in [3.8, 4) is 11.5 Å². The first-order valence-corrected chi connectivity index (χ1v) is 11.0. The van der Waals surface area contributed by atoms with Crippen LogP contribution in [0.5, 0.6) is 11.5 Å². The maximum Gasteiger partial charge on any atom is 0.290 e. The molecule has 0 aliphatic rings. The summed E-state index contributed by atoms with van der Waals surface area (Å²) >= 11 is 0. The number of amides is 2. The maximum absolute atomic E-state index is 12.9. The van der Waals surface area contributed by atoms with E-state index < -0.39 is 11.8 Å². The molecular formula is C25H28N4O5. The standard InChI is InChI=1S/C25H28N4O5/c1-4-6-9-14-29-25(32)19-11-8-7-10-18(19)22(28-29)24(31)27-26-23(30)17-12-13-20(34-15-5-2)21(16-17)33-3/h5,7-8,10-13,16H,2,4,6,9,14-15H2,1,3H3,(H,26,30)(H,27,31). The van der Waals surface area contributed by atoms with Gasteiger partial charge >= 0.3 is 0 Å². The van der Waals surface area contributed by atoms with E-state index in [9.17, 15) is 14.4 Å². The lowest BCUT2D eigenvalue weighted by Crippen LogP contribution is -2.42. The summed E-state index contributed by atoms with van der Waals surface area (Å²) < 4.78 is 12.1. The van der Waals surface area contributed by atoms with Gasteiger partial charge in [-0.2, -0.15) is 5.10 Å². The molecule has 3 aromatic rings. The van der Waals surface area contributed by atoms with Crippen LogP contribution in [0.4, 0.5) is 0 Å². The Morgan fingerprint density at radius 3 is 2.50 bits per heavy atom. The van der Waals surface area contributed by atoms with Gasteiger partial charge in [-0.1, -0.05) is 50.6 Å². The van der Waals surface area contributed by atoms with Gasteiger partial charge in [0.1, 0.15) is 6.61 Å². The molecular weight excluding hydrogens is 436 g/mol. The predicted octanol–water partition coefficient (Wildman–Crippen LogP) is 3.23. The molecule has 2 aromatic carbocycles. The third kappa shape index (κ3) is 5.61. The highest BCUT2D eigenvalue weighted by atomic mass is 16.5. The van der Waals surface area contributed by atoms with E-state index in [1.54, 1.807) is 42.5 Å². The minimum Gasteiger partial charge on any atom is -0.493 e. The number of aromatic nitrogens is 2. The fraction of sp³-hybridized carbons (Fsp3) is 0.280. The van der Waals surface area contributed by atoms with Gasteiger partial charge in [-0.15, -0.1) is 0 Å². The van der Waals surface area contributed by atoms with Crippen LogP contribution < -0.4 is 25.9 Å². The summed E-state index contributed by atoms with van der Waals surface area (Å²) in [5.41, 5.74) is 4.83. The highest BCUT2D eigenvalue weighted by molar-refractivity contribution is 6.06. The first-order chi connectivity index (χ1) is 16.5. The molecule has 0 spiro atoms. The molecule has 0 radical (unpaired) electrons. The average molecular weight is 465 g/mol. The number of fused-ring (bicyclic) bond motifs is 1. The molecule has 1 heterocycles. The summed E-state index contributed by atoms with van der Waals surface area (Å²) in [6.07, 6.45) is 4.31. The van der Waals surface area contributed by atoms with E-state index in [1.807, 2.05) is 0 Å². The van der Waals surface area contributed by atoms with E-state index in [2.05, 4.69) is 29.5 Å². The van der Waals surface area contributed by atoms with Gasteiger partial charge in [0.15, 0.2) is 17.2 Å². The van der Waals surface area contributed by atoms with Crippen molar-refractivity contribution in [2.75, 3.05) is 13.7 Å². The number of ether oxygens (including phenoxy) is 2. The lowest BCUT2D eigenvalue weighted by molar-refractivity contribution is 0.0843. The summed E-state index contributed by atoms with van der Waals surface area (Å²) in [5.74, 6) is -0.356. The molecule has 0 aliphatic heterocycles. The van der Waals surface area contributed by atoms with Crippen molar-refractivity contribution in [3.63, 3.8) is 0 Å². The Labute approximate surface area is 197 Å². The molecule has 178 valence electrons. The quantitative estimate of drug-likeness (QED) is 0.271. The zero-order valence-electron chi connectivity index (χ0n) is 19.3. The van der Waals surface area contributed by atoms with Crippen molar-refractivity contribution in [1.29, 1.82) is 0 Å². The van der Waals surface area contributed by atoms with Crippen molar-refractivity contribution in [1.82, 2.24) is 20.6 Å². The molecule has 9 heteroatoms. The minimum absolute atomic E-state index is 0.0535. The number of unbranched alkanes of at least 4 members (excludes halogenated alkanes) is 2. The lowest BCUT2D eigenvalue weighted by Gasteiger charge is -2.13. The molecule has 3 rings (SSSR count). The van der Waals surface area contributed by atoms with Crippen LogP contribution >= 0.6 is 0 Å². The van der Waals surface area contributed by atoms with E-state index in [0.717, 1.165) is 19.3 Å². The van der Waals surface area contributed by atoms with E-state index in [-0.39, 0.29) is 16.8 Å². The molecule has 0 bridgehead atoms. The molecule has 0 fully saturated rings. The summed E-state index contributed by atoms with van der Waals surface area (Å²) in [7, 11) is 1.46. The monoisotopic (exact) mass is 464 g/mol. The number of methoxy groups -OCH3 is 1. The van der Waals surface area contributed by atoms with Crippen LogP contribution in [0, 0.1) is 0 Å². The second-order valence-electron chi connectivity index (χ2n) is 7.50. The van der Waals surface area contributed by atoms with Crippen LogP contribution in [-0.4, -0.2) is 35.3 Å². The topological polar surface area (TPSA) is 112 Å². The second kappa shape index (κ2) is 11.6. The molecule has 34 heavy (non-hydrogen) atoms. The Hall–Kier alpha value is -4.14. The van der Waals surface area contributed by atoms with Gasteiger partial charge < -0.3 is 9.47 Å². The Morgan fingerprint density at radius 1 is 1.06 bits per heavy atom. The fourth-order valence-corrected chi connectivity index (χ4v) is 3.39. The van der Waals surface area contributed by atoms with Crippen LogP contribution in [0.2, 0.25) is 0 Å². The number of hydrazine groups is 1. The largest absolute Gasteiger partial charge is 0.493 e. The van der Waals surface area contributed by atoms with Gasteiger partial charge in [0.25, 0.3) is 17.4 Å². The summed E-state index contributed by atoms with van der Waals surface area (Å²) in [6, 6.07) is 11.4. The first-order valence-electron chi connectivity index (χ1n) is 11.0. The number of carbonyl (C=O) groups excluding carboxylic acids is 2. The fourth-order valence-electron chi connectivity index (χ4n) is 3.39. The van der Waals surface area contributed by atoms with E-state index >= 15 is 0 Å². The molecule has 0 saturated heterocycles. The maximum atomic E-state index is 12.9. The summed E-state index contributed by atoms with van der Waals surface area (Å²) in [5, 5.41) is 5.09. The Morgan fingerprint density at radius 2 is 1.79 bits per heavy atom. The van der Waals surface area contributed by atoms with Crippen LogP contribution in [0.3, 0.4) is 0 Å². The normalized spacial score (nSPS) is 10.5. The van der Waals surface area contributed by atoms with E-state index in [1.165, 1.54) is 17.9 Å². The van der Waals surface area contributed by atoms with Crippen LogP contribution in [0.1, 0.15) is 47.0 Å². The number of nitrogens with zero attached hydrogens (tertiary/aromatic N) is 2. The highest BCUT2D eigenvalue weighted by Crippen LogP contribution is 2.28. The van der Waals surface area contributed by atoms with E-state index in [0.29, 0.717) is 35.4 Å². The van der Waals surface area contributed by atoms with Crippen LogP contribution in [-0.2, 0) is 6.54 Å². The van der Waals surface area contributed by atoms with Gasteiger partial charge in [0.2, 0.25) is 0 Å². The van der Waals surface area contributed by atoms with Crippen LogP contribution in [0.25, 0.3) is 10.8 Å². The SMILES string of the molecule is C=CCOc1ccc(C(=O)NNC(=O)c2nn(CCCCC)c(=O)c3ccccc23)cc1OC. The third-order valence-corrected chi connectivity index (χ3v) is 5.13. The number of hydrogen-bond acceptors (Lipinski definition) is 6. The minimum atomic E-state index is -0.633. The van der Waals surface area contributed by atoms with Gasteiger partial charge in [-0.25, -0.2) is 4.68 Å².